The van der Waals surface area contributed by atoms with Crippen molar-refractivity contribution >= 4 is 33.3 Å². The molecule has 0 spiro atoms. The van der Waals surface area contributed by atoms with E-state index in [0.717, 1.165) is 12.8 Å². The standard InChI is InChI=1S/C12H11BrClFO/c13-9(12(16)7-4-5-7)6-8-10(14)2-1-3-11(8)15/h1-3,7,9H,4-6H2. The van der Waals surface area contributed by atoms with Gasteiger partial charge >= 0.3 is 0 Å². The second kappa shape index (κ2) is 4.84. The van der Waals surface area contributed by atoms with Gasteiger partial charge in [-0.15, -0.1) is 0 Å². The number of ketones is 1. The van der Waals surface area contributed by atoms with E-state index in [2.05, 4.69) is 15.9 Å². The van der Waals surface area contributed by atoms with Gasteiger partial charge in [0.05, 0.1) is 4.83 Å². The molecule has 1 fully saturated rings. The van der Waals surface area contributed by atoms with Gasteiger partial charge in [-0.05, 0) is 31.4 Å². The fraction of sp³-hybridized carbons (Fsp3) is 0.417. The molecule has 1 unspecified atom stereocenters. The Kier molecular flexibility index (Phi) is 3.65. The fourth-order valence-electron chi connectivity index (χ4n) is 1.63. The van der Waals surface area contributed by atoms with Crippen molar-refractivity contribution in [3.8, 4) is 0 Å². The Morgan fingerprint density at radius 1 is 1.56 bits per heavy atom. The highest BCUT2D eigenvalue weighted by Gasteiger charge is 2.34. The van der Waals surface area contributed by atoms with E-state index in [4.69, 9.17) is 11.6 Å². The average molecular weight is 306 g/mol. The van der Waals surface area contributed by atoms with Gasteiger partial charge in [-0.3, -0.25) is 4.79 Å². The van der Waals surface area contributed by atoms with Crippen molar-refractivity contribution in [3.63, 3.8) is 0 Å². The van der Waals surface area contributed by atoms with Crippen LogP contribution in [-0.2, 0) is 11.2 Å². The van der Waals surface area contributed by atoms with Crippen LogP contribution in [-0.4, -0.2) is 10.6 Å². The van der Waals surface area contributed by atoms with Crippen molar-refractivity contribution in [2.45, 2.75) is 24.1 Å². The molecule has 0 heterocycles. The van der Waals surface area contributed by atoms with E-state index in [0.29, 0.717) is 17.0 Å². The first-order chi connectivity index (χ1) is 7.59. The summed E-state index contributed by atoms with van der Waals surface area (Å²) in [7, 11) is 0. The number of alkyl halides is 1. The van der Waals surface area contributed by atoms with Crippen LogP contribution in [0.5, 0.6) is 0 Å². The maximum Gasteiger partial charge on any atom is 0.149 e. The van der Waals surface area contributed by atoms with Crippen molar-refractivity contribution in [2.24, 2.45) is 5.92 Å². The van der Waals surface area contributed by atoms with Crippen LogP contribution in [0.15, 0.2) is 18.2 Å². The summed E-state index contributed by atoms with van der Waals surface area (Å²) in [5, 5.41) is 0.382. The number of carbonyl (C=O) groups is 1. The maximum atomic E-state index is 13.5. The quantitative estimate of drug-likeness (QED) is 0.774. The molecular formula is C12H11BrClFO. The number of halogens is 3. The predicted molar refractivity (Wildman–Crippen MR) is 65.6 cm³/mol. The van der Waals surface area contributed by atoms with Gasteiger partial charge in [0.15, 0.2) is 0 Å². The van der Waals surface area contributed by atoms with Gasteiger partial charge in [0, 0.05) is 16.5 Å². The lowest BCUT2D eigenvalue weighted by atomic mass is 10.0. The summed E-state index contributed by atoms with van der Waals surface area (Å²) in [6.07, 6.45) is 2.25. The molecule has 1 aliphatic carbocycles. The van der Waals surface area contributed by atoms with Gasteiger partial charge in [-0.2, -0.15) is 0 Å². The molecule has 1 nitrogen and oxygen atoms in total. The summed E-state index contributed by atoms with van der Waals surface area (Å²) < 4.78 is 13.5. The number of rotatable bonds is 4. The molecule has 1 saturated carbocycles. The number of hydrogen-bond donors (Lipinski definition) is 0. The normalized spacial score (nSPS) is 17.2. The van der Waals surface area contributed by atoms with E-state index >= 15 is 0 Å². The molecule has 0 amide bonds. The van der Waals surface area contributed by atoms with E-state index in [1.165, 1.54) is 6.07 Å². The molecule has 0 N–H and O–H groups in total. The van der Waals surface area contributed by atoms with E-state index in [1.54, 1.807) is 12.1 Å². The molecule has 4 heteroatoms. The Morgan fingerprint density at radius 3 is 2.81 bits per heavy atom. The highest BCUT2D eigenvalue weighted by molar-refractivity contribution is 9.10. The van der Waals surface area contributed by atoms with Gasteiger partial charge in [0.1, 0.15) is 11.6 Å². The molecule has 0 aromatic heterocycles. The van der Waals surface area contributed by atoms with E-state index in [9.17, 15) is 9.18 Å². The molecule has 86 valence electrons. The van der Waals surface area contributed by atoms with Crippen molar-refractivity contribution in [2.75, 3.05) is 0 Å². The van der Waals surface area contributed by atoms with Crippen LogP contribution in [0.3, 0.4) is 0 Å². The minimum absolute atomic E-state index is 0.166. The number of benzene rings is 1. The van der Waals surface area contributed by atoms with Gasteiger partial charge in [0.2, 0.25) is 0 Å². The van der Waals surface area contributed by atoms with E-state index in [-0.39, 0.29) is 22.3 Å². The Labute approximate surface area is 107 Å². The number of carbonyl (C=O) groups excluding carboxylic acids is 1. The summed E-state index contributed by atoms with van der Waals surface area (Å²) >= 11 is 9.22. The molecule has 0 bridgehead atoms. The summed E-state index contributed by atoms with van der Waals surface area (Å²) in [5.74, 6) is -0.00482. The van der Waals surface area contributed by atoms with Crippen LogP contribution in [0.2, 0.25) is 5.02 Å². The summed E-state index contributed by atoms with van der Waals surface area (Å²) in [5.41, 5.74) is 0.417. The van der Waals surface area contributed by atoms with Gasteiger partial charge in [-0.1, -0.05) is 33.6 Å². The monoisotopic (exact) mass is 304 g/mol. The molecule has 0 aliphatic heterocycles. The van der Waals surface area contributed by atoms with E-state index < -0.39 is 0 Å². The minimum atomic E-state index is -0.347. The third-order valence-electron chi connectivity index (χ3n) is 2.73. The molecule has 2 rings (SSSR count). The van der Waals surface area contributed by atoms with E-state index in [1.807, 2.05) is 0 Å². The van der Waals surface area contributed by atoms with Gasteiger partial charge in [0.25, 0.3) is 0 Å². The second-order valence-electron chi connectivity index (χ2n) is 4.05. The van der Waals surface area contributed by atoms with Gasteiger partial charge < -0.3 is 0 Å². The van der Waals surface area contributed by atoms with Crippen LogP contribution >= 0.6 is 27.5 Å². The van der Waals surface area contributed by atoms with Crippen LogP contribution in [0.1, 0.15) is 18.4 Å². The Hall–Kier alpha value is -0.410. The first-order valence-electron chi connectivity index (χ1n) is 5.20. The van der Waals surface area contributed by atoms with Crippen LogP contribution in [0.25, 0.3) is 0 Å². The van der Waals surface area contributed by atoms with Crippen LogP contribution < -0.4 is 0 Å². The minimum Gasteiger partial charge on any atom is -0.298 e. The topological polar surface area (TPSA) is 17.1 Å². The Morgan fingerprint density at radius 2 is 2.25 bits per heavy atom. The number of Topliss-reactive ketones (excluding diaryl/α,β-unsaturated/α-hetero) is 1. The smallest absolute Gasteiger partial charge is 0.149 e. The molecule has 1 aromatic rings. The summed E-state index contributed by atoms with van der Waals surface area (Å²) in [6.45, 7) is 0. The molecular weight excluding hydrogens is 294 g/mol. The molecule has 0 radical (unpaired) electrons. The molecule has 1 atom stereocenters. The highest BCUT2D eigenvalue weighted by Crippen LogP contribution is 2.34. The SMILES string of the molecule is O=C(C(Br)Cc1c(F)cccc1Cl)C1CC1. The summed E-state index contributed by atoms with van der Waals surface area (Å²) in [4.78, 5) is 11.4. The van der Waals surface area contributed by atoms with Gasteiger partial charge in [-0.25, -0.2) is 4.39 Å². The van der Waals surface area contributed by atoms with Crippen LogP contribution in [0, 0.1) is 11.7 Å². The van der Waals surface area contributed by atoms with Crippen molar-refractivity contribution in [1.82, 2.24) is 0 Å². The predicted octanol–water partition coefficient (Wildman–Crippen LogP) is 3.76. The molecule has 0 saturated heterocycles. The highest BCUT2D eigenvalue weighted by atomic mass is 79.9. The Balaban J connectivity index is 2.10. The fourth-order valence-corrected chi connectivity index (χ4v) is 2.57. The third-order valence-corrected chi connectivity index (χ3v) is 3.86. The first-order valence-corrected chi connectivity index (χ1v) is 6.49. The lowest BCUT2D eigenvalue weighted by Crippen LogP contribution is -2.19. The number of hydrogen-bond acceptors (Lipinski definition) is 1. The zero-order chi connectivity index (χ0) is 11.7. The van der Waals surface area contributed by atoms with Crippen molar-refractivity contribution in [1.29, 1.82) is 0 Å². The second-order valence-corrected chi connectivity index (χ2v) is 5.56. The van der Waals surface area contributed by atoms with Crippen molar-refractivity contribution in [3.05, 3.63) is 34.6 Å². The summed E-state index contributed by atoms with van der Waals surface area (Å²) in [6, 6.07) is 4.57. The van der Waals surface area contributed by atoms with Crippen LogP contribution in [0.4, 0.5) is 4.39 Å². The first kappa shape index (κ1) is 12.1. The third kappa shape index (κ3) is 2.64. The average Bonchev–Trinajstić information content (AvgIpc) is 3.06. The molecule has 1 aliphatic rings. The zero-order valence-electron chi connectivity index (χ0n) is 8.55. The molecule has 16 heavy (non-hydrogen) atoms. The molecule has 1 aromatic carbocycles. The van der Waals surface area contributed by atoms with Crippen molar-refractivity contribution < 1.29 is 9.18 Å². The lowest BCUT2D eigenvalue weighted by Gasteiger charge is -2.10. The lowest BCUT2D eigenvalue weighted by molar-refractivity contribution is -0.119. The largest absolute Gasteiger partial charge is 0.298 e. The maximum absolute atomic E-state index is 13.5. The Bertz CT molecular complexity index is 397. The zero-order valence-corrected chi connectivity index (χ0v) is 10.9.